The molecule has 0 atom stereocenters. The fourth-order valence-electron chi connectivity index (χ4n) is 4.54. The number of anilines is 1. The number of carbonyl (C=O) groups is 1. The maximum atomic E-state index is 13.2. The van der Waals surface area contributed by atoms with Crippen molar-refractivity contribution in [2.24, 2.45) is 0 Å². The van der Waals surface area contributed by atoms with Gasteiger partial charge in [0.05, 0.1) is 23.7 Å². The van der Waals surface area contributed by atoms with Gasteiger partial charge in [-0.25, -0.2) is 8.42 Å². The number of sulfonamides is 1. The van der Waals surface area contributed by atoms with E-state index in [0.29, 0.717) is 31.9 Å². The molecule has 2 saturated heterocycles. The minimum Gasteiger partial charge on any atom is -0.379 e. The topological polar surface area (TPSA) is 79.0 Å². The van der Waals surface area contributed by atoms with E-state index in [1.54, 1.807) is 12.1 Å². The molecule has 1 saturated carbocycles. The van der Waals surface area contributed by atoms with E-state index in [-0.39, 0.29) is 16.8 Å². The Bertz CT molecular complexity index is 824. The average Bonchev–Trinajstić information content (AvgIpc) is 3.29. The van der Waals surface area contributed by atoms with Crippen LogP contribution in [0, 0.1) is 0 Å². The largest absolute Gasteiger partial charge is 0.379 e. The Kier molecular flexibility index (Phi) is 6.41. The lowest BCUT2D eigenvalue weighted by Crippen LogP contribution is -2.41. The normalized spacial score (nSPS) is 22.0. The number of rotatable bonds is 5. The average molecular weight is 422 g/mol. The standard InChI is InChI=1S/C21H31N3O4S/c25-21(22-17-6-2-1-3-7-17)19-16-18(8-9-20(19)23-10-4-5-11-23)29(26,27)24-12-14-28-15-13-24/h8-9,16-17H,1-7,10-15H2,(H,22,25). The number of nitrogens with one attached hydrogen (secondary N) is 1. The predicted octanol–water partition coefficient (Wildman–Crippen LogP) is 2.37. The van der Waals surface area contributed by atoms with Gasteiger partial charge in [-0.2, -0.15) is 4.31 Å². The summed E-state index contributed by atoms with van der Waals surface area (Å²) < 4.78 is 33.0. The maximum Gasteiger partial charge on any atom is 0.253 e. The lowest BCUT2D eigenvalue weighted by atomic mass is 9.95. The number of hydrogen-bond acceptors (Lipinski definition) is 5. The molecular weight excluding hydrogens is 390 g/mol. The Morgan fingerprint density at radius 2 is 1.66 bits per heavy atom. The SMILES string of the molecule is O=C(NC1CCCCC1)c1cc(S(=O)(=O)N2CCOCC2)ccc1N1CCCC1. The summed E-state index contributed by atoms with van der Waals surface area (Å²) in [6, 6.07) is 5.23. The molecule has 1 amide bonds. The van der Waals surface area contributed by atoms with Crippen LogP contribution >= 0.6 is 0 Å². The van der Waals surface area contributed by atoms with Crippen LogP contribution in [0.3, 0.4) is 0 Å². The summed E-state index contributed by atoms with van der Waals surface area (Å²) in [7, 11) is -3.64. The van der Waals surface area contributed by atoms with Crippen LogP contribution in [0.1, 0.15) is 55.3 Å². The van der Waals surface area contributed by atoms with Gasteiger partial charge in [0.15, 0.2) is 0 Å². The summed E-state index contributed by atoms with van der Waals surface area (Å²) in [6.45, 7) is 3.30. The molecule has 3 fully saturated rings. The van der Waals surface area contributed by atoms with Gasteiger partial charge in [-0.05, 0) is 43.9 Å². The van der Waals surface area contributed by atoms with Crippen molar-refractivity contribution in [3.63, 3.8) is 0 Å². The van der Waals surface area contributed by atoms with Crippen LogP contribution in [0.2, 0.25) is 0 Å². The molecule has 3 aliphatic rings. The van der Waals surface area contributed by atoms with Gasteiger partial charge in [-0.3, -0.25) is 4.79 Å². The molecule has 0 aromatic heterocycles. The van der Waals surface area contributed by atoms with Crippen molar-refractivity contribution >= 4 is 21.6 Å². The van der Waals surface area contributed by atoms with Crippen LogP contribution in [0.4, 0.5) is 5.69 Å². The summed E-state index contributed by atoms with van der Waals surface area (Å²) in [4.78, 5) is 15.6. The molecule has 160 valence electrons. The molecule has 1 aromatic carbocycles. The van der Waals surface area contributed by atoms with Crippen LogP contribution < -0.4 is 10.2 Å². The lowest BCUT2D eigenvalue weighted by Gasteiger charge is -2.28. The van der Waals surface area contributed by atoms with Gasteiger partial charge in [0.1, 0.15) is 0 Å². The molecule has 2 aliphatic heterocycles. The Hall–Kier alpha value is -1.64. The molecule has 1 N–H and O–H groups in total. The number of carbonyl (C=O) groups excluding carboxylic acids is 1. The summed E-state index contributed by atoms with van der Waals surface area (Å²) in [5.41, 5.74) is 1.32. The first kappa shape index (κ1) is 20.6. The fraction of sp³-hybridized carbons (Fsp3) is 0.667. The van der Waals surface area contributed by atoms with Crippen molar-refractivity contribution < 1.29 is 17.9 Å². The summed E-state index contributed by atoms with van der Waals surface area (Å²) in [5.74, 6) is -0.155. The van der Waals surface area contributed by atoms with Crippen molar-refractivity contribution in [3.05, 3.63) is 23.8 Å². The number of morpholine rings is 1. The first-order valence-corrected chi connectivity index (χ1v) is 12.3. The summed E-state index contributed by atoms with van der Waals surface area (Å²) >= 11 is 0. The molecule has 7 nitrogen and oxygen atoms in total. The second-order valence-corrected chi connectivity index (χ2v) is 10.1. The van der Waals surface area contributed by atoms with E-state index < -0.39 is 10.0 Å². The zero-order valence-electron chi connectivity index (χ0n) is 16.9. The molecule has 1 aromatic rings. The van der Waals surface area contributed by atoms with Crippen LogP contribution in [-0.4, -0.2) is 64.1 Å². The monoisotopic (exact) mass is 421 g/mol. The summed E-state index contributed by atoms with van der Waals surface area (Å²) in [6.07, 6.45) is 7.67. The molecule has 29 heavy (non-hydrogen) atoms. The Morgan fingerprint density at radius 3 is 2.34 bits per heavy atom. The Balaban J connectivity index is 1.64. The number of benzene rings is 1. The second-order valence-electron chi connectivity index (χ2n) is 8.20. The first-order chi connectivity index (χ1) is 14.1. The highest BCUT2D eigenvalue weighted by Gasteiger charge is 2.29. The van der Waals surface area contributed by atoms with Gasteiger partial charge in [-0.15, -0.1) is 0 Å². The highest BCUT2D eigenvalue weighted by atomic mass is 32.2. The van der Waals surface area contributed by atoms with E-state index in [0.717, 1.165) is 57.3 Å². The first-order valence-electron chi connectivity index (χ1n) is 10.8. The minimum absolute atomic E-state index is 0.155. The third-order valence-electron chi connectivity index (χ3n) is 6.21. The lowest BCUT2D eigenvalue weighted by molar-refractivity contribution is 0.0730. The third-order valence-corrected chi connectivity index (χ3v) is 8.10. The molecule has 4 rings (SSSR count). The zero-order chi connectivity index (χ0) is 20.3. The van der Waals surface area contributed by atoms with E-state index in [9.17, 15) is 13.2 Å². The number of nitrogens with zero attached hydrogens (tertiary/aromatic N) is 2. The third kappa shape index (κ3) is 4.59. The Labute approximate surface area is 173 Å². The highest BCUT2D eigenvalue weighted by Crippen LogP contribution is 2.29. The molecule has 0 radical (unpaired) electrons. The zero-order valence-corrected chi connectivity index (χ0v) is 17.8. The smallest absolute Gasteiger partial charge is 0.253 e. The molecule has 0 bridgehead atoms. The molecule has 8 heteroatoms. The highest BCUT2D eigenvalue weighted by molar-refractivity contribution is 7.89. The van der Waals surface area contributed by atoms with E-state index >= 15 is 0 Å². The van der Waals surface area contributed by atoms with Gasteiger partial charge in [0.2, 0.25) is 10.0 Å². The van der Waals surface area contributed by atoms with Gasteiger partial charge in [0, 0.05) is 37.9 Å². The van der Waals surface area contributed by atoms with Gasteiger partial charge in [0.25, 0.3) is 5.91 Å². The van der Waals surface area contributed by atoms with E-state index in [2.05, 4.69) is 10.2 Å². The van der Waals surface area contributed by atoms with E-state index in [4.69, 9.17) is 4.74 Å². The van der Waals surface area contributed by atoms with Crippen LogP contribution in [0.25, 0.3) is 0 Å². The molecule has 0 spiro atoms. The van der Waals surface area contributed by atoms with E-state index in [1.807, 2.05) is 6.07 Å². The number of ether oxygens (including phenoxy) is 1. The van der Waals surface area contributed by atoms with Gasteiger partial charge < -0.3 is 15.0 Å². The summed E-state index contributed by atoms with van der Waals surface area (Å²) in [5, 5.41) is 3.16. The fourth-order valence-corrected chi connectivity index (χ4v) is 5.97. The molecule has 2 heterocycles. The van der Waals surface area contributed by atoms with Crippen LogP contribution in [0.5, 0.6) is 0 Å². The van der Waals surface area contributed by atoms with Crippen LogP contribution in [-0.2, 0) is 14.8 Å². The van der Waals surface area contributed by atoms with Crippen molar-refractivity contribution in [1.29, 1.82) is 0 Å². The number of amides is 1. The predicted molar refractivity (Wildman–Crippen MR) is 112 cm³/mol. The van der Waals surface area contributed by atoms with Crippen molar-refractivity contribution in [2.75, 3.05) is 44.3 Å². The Morgan fingerprint density at radius 1 is 0.966 bits per heavy atom. The van der Waals surface area contributed by atoms with E-state index in [1.165, 1.54) is 10.7 Å². The molecule has 0 unspecified atom stereocenters. The minimum atomic E-state index is -3.64. The second kappa shape index (κ2) is 9.02. The van der Waals surface area contributed by atoms with Gasteiger partial charge in [-0.1, -0.05) is 19.3 Å². The molecule has 1 aliphatic carbocycles. The maximum absolute atomic E-state index is 13.2. The van der Waals surface area contributed by atoms with Crippen molar-refractivity contribution in [3.8, 4) is 0 Å². The van der Waals surface area contributed by atoms with Crippen LogP contribution in [0.15, 0.2) is 23.1 Å². The quantitative estimate of drug-likeness (QED) is 0.790. The molecular formula is C21H31N3O4S. The van der Waals surface area contributed by atoms with Crippen molar-refractivity contribution in [1.82, 2.24) is 9.62 Å². The number of hydrogen-bond donors (Lipinski definition) is 1. The van der Waals surface area contributed by atoms with Crippen molar-refractivity contribution in [2.45, 2.75) is 55.9 Å². The van der Waals surface area contributed by atoms with Gasteiger partial charge >= 0.3 is 0 Å².